The van der Waals surface area contributed by atoms with Gasteiger partial charge in [-0.05, 0) is 13.1 Å². The van der Waals surface area contributed by atoms with E-state index in [0.29, 0.717) is 0 Å². The summed E-state index contributed by atoms with van der Waals surface area (Å²) in [6.45, 7) is -0.0476. The van der Waals surface area contributed by atoms with E-state index in [0.717, 1.165) is 0 Å². The standard InChI is InChI=1S/C11H14N2O5/c1-12-8(11(14)17-2)7-18-10-6-4-3-5-9(10)13(15)16/h3-6,8,12H,7H2,1-2H3. The van der Waals surface area contributed by atoms with Crippen molar-refractivity contribution < 1.29 is 19.2 Å². The average Bonchev–Trinajstić information content (AvgIpc) is 2.39. The number of benzene rings is 1. The van der Waals surface area contributed by atoms with Crippen molar-refractivity contribution in [2.45, 2.75) is 6.04 Å². The number of esters is 1. The fourth-order valence-corrected chi connectivity index (χ4v) is 1.31. The van der Waals surface area contributed by atoms with Gasteiger partial charge in [0.1, 0.15) is 12.6 Å². The molecule has 0 saturated carbocycles. The maximum atomic E-state index is 11.3. The fourth-order valence-electron chi connectivity index (χ4n) is 1.31. The number of para-hydroxylation sites is 2. The Hall–Kier alpha value is -2.15. The maximum absolute atomic E-state index is 11.3. The molecule has 0 aromatic heterocycles. The van der Waals surface area contributed by atoms with Gasteiger partial charge in [-0.1, -0.05) is 12.1 Å². The Morgan fingerprint density at radius 3 is 2.72 bits per heavy atom. The van der Waals surface area contributed by atoms with Gasteiger partial charge in [-0.25, -0.2) is 0 Å². The summed E-state index contributed by atoms with van der Waals surface area (Å²) in [5.41, 5.74) is -0.141. The van der Waals surface area contributed by atoms with Crippen LogP contribution >= 0.6 is 0 Å². The van der Waals surface area contributed by atoms with E-state index in [4.69, 9.17) is 4.74 Å². The van der Waals surface area contributed by atoms with Crippen LogP contribution in [0, 0.1) is 10.1 Å². The summed E-state index contributed by atoms with van der Waals surface area (Å²) in [7, 11) is 2.84. The highest BCUT2D eigenvalue weighted by molar-refractivity contribution is 5.75. The molecule has 0 aliphatic rings. The van der Waals surface area contributed by atoms with Gasteiger partial charge in [0.05, 0.1) is 12.0 Å². The monoisotopic (exact) mass is 254 g/mol. The maximum Gasteiger partial charge on any atom is 0.326 e. The second-order valence-electron chi connectivity index (χ2n) is 3.40. The molecule has 7 heteroatoms. The Balaban J connectivity index is 2.73. The Labute approximate surface area is 104 Å². The minimum atomic E-state index is -0.671. The number of nitro groups is 1. The van der Waals surface area contributed by atoms with Crippen molar-refractivity contribution in [2.75, 3.05) is 20.8 Å². The first-order chi connectivity index (χ1) is 8.60. The van der Waals surface area contributed by atoms with E-state index in [-0.39, 0.29) is 18.0 Å². The zero-order chi connectivity index (χ0) is 13.5. The quantitative estimate of drug-likeness (QED) is 0.457. The number of ether oxygens (including phenoxy) is 2. The summed E-state index contributed by atoms with van der Waals surface area (Å²) in [6, 6.07) is 5.30. The van der Waals surface area contributed by atoms with Gasteiger partial charge < -0.3 is 14.8 Å². The molecule has 1 unspecified atom stereocenters. The van der Waals surface area contributed by atoms with Crippen molar-refractivity contribution in [3.63, 3.8) is 0 Å². The third-order valence-corrected chi connectivity index (χ3v) is 2.30. The summed E-state index contributed by atoms with van der Waals surface area (Å²) in [6.07, 6.45) is 0. The normalized spacial score (nSPS) is 11.7. The molecular formula is C11H14N2O5. The van der Waals surface area contributed by atoms with Crippen LogP contribution in [-0.4, -0.2) is 37.7 Å². The lowest BCUT2D eigenvalue weighted by Gasteiger charge is -2.14. The highest BCUT2D eigenvalue weighted by Crippen LogP contribution is 2.25. The largest absolute Gasteiger partial charge is 0.485 e. The number of hydrogen-bond acceptors (Lipinski definition) is 6. The first kappa shape index (κ1) is 13.9. The van der Waals surface area contributed by atoms with E-state index in [1.165, 1.54) is 19.2 Å². The van der Waals surface area contributed by atoms with Crippen LogP contribution in [0.1, 0.15) is 0 Å². The average molecular weight is 254 g/mol. The Morgan fingerprint density at radius 1 is 1.50 bits per heavy atom. The first-order valence-corrected chi connectivity index (χ1v) is 5.21. The van der Waals surface area contributed by atoms with Crippen molar-refractivity contribution in [3.8, 4) is 5.75 Å². The number of nitro benzene ring substituents is 1. The Morgan fingerprint density at radius 2 is 2.17 bits per heavy atom. The molecular weight excluding hydrogens is 240 g/mol. The van der Waals surface area contributed by atoms with Gasteiger partial charge in [0.2, 0.25) is 0 Å². The lowest BCUT2D eigenvalue weighted by atomic mass is 10.3. The SMILES string of the molecule is CNC(COc1ccccc1[N+](=O)[O-])C(=O)OC. The number of methoxy groups -OCH3 is 1. The number of rotatable bonds is 6. The number of likely N-dealkylation sites (N-methyl/N-ethyl adjacent to an activating group) is 1. The molecule has 0 heterocycles. The molecule has 1 aromatic carbocycles. The van der Waals surface area contributed by atoms with Gasteiger partial charge in [0.15, 0.2) is 5.75 Å². The number of nitrogens with zero attached hydrogens (tertiary/aromatic N) is 1. The van der Waals surface area contributed by atoms with Crippen molar-refractivity contribution in [2.24, 2.45) is 0 Å². The second-order valence-corrected chi connectivity index (χ2v) is 3.40. The number of carbonyl (C=O) groups is 1. The summed E-state index contributed by atoms with van der Waals surface area (Å²) < 4.78 is 9.82. The van der Waals surface area contributed by atoms with E-state index in [1.807, 2.05) is 0 Å². The van der Waals surface area contributed by atoms with Gasteiger partial charge in [0, 0.05) is 6.07 Å². The molecule has 0 spiro atoms. The molecule has 1 aromatic rings. The van der Waals surface area contributed by atoms with Crippen molar-refractivity contribution in [1.29, 1.82) is 0 Å². The van der Waals surface area contributed by atoms with Crippen molar-refractivity contribution >= 4 is 11.7 Å². The minimum Gasteiger partial charge on any atom is -0.485 e. The predicted molar refractivity (Wildman–Crippen MR) is 63.5 cm³/mol. The third-order valence-electron chi connectivity index (χ3n) is 2.30. The van der Waals surface area contributed by atoms with Crippen molar-refractivity contribution in [3.05, 3.63) is 34.4 Å². The van der Waals surface area contributed by atoms with E-state index >= 15 is 0 Å². The zero-order valence-electron chi connectivity index (χ0n) is 10.1. The fraction of sp³-hybridized carbons (Fsp3) is 0.364. The van der Waals surface area contributed by atoms with Crippen LogP contribution in [0.2, 0.25) is 0 Å². The van der Waals surface area contributed by atoms with Crippen LogP contribution < -0.4 is 10.1 Å². The molecule has 1 N–H and O–H groups in total. The first-order valence-electron chi connectivity index (χ1n) is 5.21. The van der Waals surface area contributed by atoms with Crippen LogP contribution in [0.25, 0.3) is 0 Å². The van der Waals surface area contributed by atoms with E-state index < -0.39 is 16.9 Å². The van der Waals surface area contributed by atoms with Gasteiger partial charge in [-0.3, -0.25) is 14.9 Å². The molecule has 0 radical (unpaired) electrons. The Bertz CT molecular complexity index is 435. The summed E-state index contributed by atoms with van der Waals surface area (Å²) in [4.78, 5) is 21.5. The van der Waals surface area contributed by atoms with Gasteiger partial charge in [0.25, 0.3) is 0 Å². The molecule has 0 saturated heterocycles. The van der Waals surface area contributed by atoms with E-state index in [2.05, 4.69) is 10.1 Å². The van der Waals surface area contributed by atoms with Crippen LogP contribution in [0.4, 0.5) is 5.69 Å². The smallest absolute Gasteiger partial charge is 0.326 e. The van der Waals surface area contributed by atoms with Crippen LogP contribution in [0.3, 0.4) is 0 Å². The molecule has 0 aliphatic heterocycles. The number of carbonyl (C=O) groups excluding carboxylic acids is 1. The summed E-state index contributed by atoms with van der Waals surface area (Å²) in [5, 5.41) is 13.4. The van der Waals surface area contributed by atoms with Crippen LogP contribution in [-0.2, 0) is 9.53 Å². The molecule has 1 rings (SSSR count). The Kier molecular flexibility index (Phi) is 5.06. The molecule has 98 valence electrons. The summed E-state index contributed by atoms with van der Waals surface area (Å²) in [5.74, 6) is -0.372. The van der Waals surface area contributed by atoms with Crippen molar-refractivity contribution in [1.82, 2.24) is 5.32 Å². The molecule has 7 nitrogen and oxygen atoms in total. The predicted octanol–water partition coefficient (Wildman–Crippen LogP) is 0.735. The second kappa shape index (κ2) is 6.55. The van der Waals surface area contributed by atoms with Gasteiger partial charge in [-0.2, -0.15) is 0 Å². The third kappa shape index (κ3) is 3.42. The minimum absolute atomic E-state index is 0.0476. The van der Waals surface area contributed by atoms with Gasteiger partial charge in [-0.15, -0.1) is 0 Å². The zero-order valence-corrected chi connectivity index (χ0v) is 10.1. The number of nitrogens with one attached hydrogen (secondary N) is 1. The molecule has 18 heavy (non-hydrogen) atoms. The molecule has 0 fully saturated rings. The molecule has 0 aliphatic carbocycles. The molecule has 0 bridgehead atoms. The topological polar surface area (TPSA) is 90.7 Å². The lowest BCUT2D eigenvalue weighted by molar-refractivity contribution is -0.385. The van der Waals surface area contributed by atoms with Gasteiger partial charge >= 0.3 is 11.7 Å². The summed E-state index contributed by atoms with van der Waals surface area (Å²) >= 11 is 0. The van der Waals surface area contributed by atoms with E-state index in [9.17, 15) is 14.9 Å². The lowest BCUT2D eigenvalue weighted by Crippen LogP contribution is -2.40. The highest BCUT2D eigenvalue weighted by atomic mass is 16.6. The van der Waals surface area contributed by atoms with E-state index in [1.54, 1.807) is 19.2 Å². The molecule has 1 atom stereocenters. The highest BCUT2D eigenvalue weighted by Gasteiger charge is 2.20. The van der Waals surface area contributed by atoms with Crippen LogP contribution in [0.15, 0.2) is 24.3 Å². The number of hydrogen-bond donors (Lipinski definition) is 1. The molecule has 0 amide bonds. The van der Waals surface area contributed by atoms with Crippen LogP contribution in [0.5, 0.6) is 5.75 Å².